The fourth-order valence-corrected chi connectivity index (χ4v) is 2.04. The molecule has 3 rings (SSSR count). The lowest BCUT2D eigenvalue weighted by Gasteiger charge is -1.99. The largest absolute Gasteiger partial charge is 0.507 e. The van der Waals surface area contributed by atoms with Crippen molar-refractivity contribution in [2.75, 3.05) is 5.73 Å². The summed E-state index contributed by atoms with van der Waals surface area (Å²) in [7, 11) is 0. The number of nitrogens with zero attached hydrogens (tertiary/aromatic N) is 2. The smallest absolute Gasteiger partial charge is 0.180 e. The summed E-state index contributed by atoms with van der Waals surface area (Å²) in [6.07, 6.45) is 0. The van der Waals surface area contributed by atoms with Gasteiger partial charge in [-0.15, -0.1) is 0 Å². The number of imidazole rings is 1. The quantitative estimate of drug-likeness (QED) is 0.588. The summed E-state index contributed by atoms with van der Waals surface area (Å²) in [6, 6.07) is 8.95. The maximum Gasteiger partial charge on any atom is 0.180 e. The molecular weight excluding hydrogens is 343 g/mol. The Morgan fingerprint density at radius 1 is 1.17 bits per heavy atom. The first-order chi connectivity index (χ1) is 8.63. The summed E-state index contributed by atoms with van der Waals surface area (Å²) in [4.78, 5) is 11.6. The van der Waals surface area contributed by atoms with Gasteiger partial charge in [-0.1, -0.05) is 0 Å². The second-order valence-electron chi connectivity index (χ2n) is 3.86. The standard InChI is InChI=1S/C12H9IN4O/c13-7-2-1-6(5-9(7)18)11-15-8-3-4-10(14)16-12(8)17-11/h1-5,18H,(H3,14,15,16,17). The van der Waals surface area contributed by atoms with Gasteiger partial charge in [0.2, 0.25) is 0 Å². The molecule has 0 aliphatic heterocycles. The Morgan fingerprint density at radius 2 is 2.00 bits per heavy atom. The third-order valence-corrected chi connectivity index (χ3v) is 3.50. The monoisotopic (exact) mass is 352 g/mol. The lowest BCUT2D eigenvalue weighted by atomic mass is 10.2. The number of fused-ring (bicyclic) bond motifs is 1. The highest BCUT2D eigenvalue weighted by Crippen LogP contribution is 2.27. The minimum absolute atomic E-state index is 0.237. The number of hydrogen-bond donors (Lipinski definition) is 3. The van der Waals surface area contributed by atoms with Gasteiger partial charge in [-0.2, -0.15) is 0 Å². The molecule has 5 nitrogen and oxygen atoms in total. The molecule has 0 fully saturated rings. The van der Waals surface area contributed by atoms with Crippen molar-refractivity contribution in [2.45, 2.75) is 0 Å². The van der Waals surface area contributed by atoms with Crippen molar-refractivity contribution in [3.63, 3.8) is 0 Å². The molecule has 18 heavy (non-hydrogen) atoms. The number of nitrogens with two attached hydrogens (primary N) is 1. The highest BCUT2D eigenvalue weighted by atomic mass is 127. The van der Waals surface area contributed by atoms with Gasteiger partial charge in [0.1, 0.15) is 17.4 Å². The molecule has 0 unspecified atom stereocenters. The first-order valence-electron chi connectivity index (χ1n) is 5.24. The van der Waals surface area contributed by atoms with Crippen molar-refractivity contribution < 1.29 is 5.11 Å². The molecule has 0 aliphatic carbocycles. The highest BCUT2D eigenvalue weighted by Gasteiger charge is 2.08. The molecule has 2 heterocycles. The van der Waals surface area contributed by atoms with E-state index in [1.165, 1.54) is 0 Å². The third-order valence-electron chi connectivity index (χ3n) is 2.59. The van der Waals surface area contributed by atoms with E-state index in [1.54, 1.807) is 12.1 Å². The summed E-state index contributed by atoms with van der Waals surface area (Å²) < 4.78 is 0.801. The number of pyridine rings is 1. The molecule has 0 saturated heterocycles. The van der Waals surface area contributed by atoms with Crippen LogP contribution in [0.25, 0.3) is 22.6 Å². The summed E-state index contributed by atoms with van der Waals surface area (Å²) in [5, 5.41) is 9.70. The predicted molar refractivity (Wildman–Crippen MR) is 78.1 cm³/mol. The van der Waals surface area contributed by atoms with Crippen molar-refractivity contribution in [1.82, 2.24) is 15.0 Å². The van der Waals surface area contributed by atoms with E-state index in [0.717, 1.165) is 14.7 Å². The van der Waals surface area contributed by atoms with Crippen LogP contribution in [0.15, 0.2) is 30.3 Å². The molecule has 6 heteroatoms. The summed E-state index contributed by atoms with van der Waals surface area (Å²) >= 11 is 2.07. The third kappa shape index (κ3) is 1.88. The number of phenolic OH excluding ortho intramolecular Hbond substituents is 1. The van der Waals surface area contributed by atoms with Crippen LogP contribution in [-0.4, -0.2) is 20.1 Å². The molecule has 0 bridgehead atoms. The molecule has 90 valence electrons. The van der Waals surface area contributed by atoms with Crippen LogP contribution in [0.4, 0.5) is 5.82 Å². The van der Waals surface area contributed by atoms with Crippen LogP contribution >= 0.6 is 22.6 Å². The van der Waals surface area contributed by atoms with E-state index in [4.69, 9.17) is 5.73 Å². The maximum atomic E-state index is 9.70. The van der Waals surface area contributed by atoms with Gasteiger partial charge in [0.25, 0.3) is 0 Å². The molecule has 0 aliphatic rings. The van der Waals surface area contributed by atoms with Crippen molar-refractivity contribution in [3.05, 3.63) is 33.9 Å². The summed E-state index contributed by atoms with van der Waals surface area (Å²) in [5.74, 6) is 1.34. The van der Waals surface area contributed by atoms with E-state index in [1.807, 2.05) is 18.2 Å². The maximum absolute atomic E-state index is 9.70. The Hall–Kier alpha value is -1.83. The Balaban J connectivity index is 2.16. The SMILES string of the molecule is Nc1ccc2[nH]c(-c3ccc(I)c(O)c3)nc2n1. The van der Waals surface area contributed by atoms with Gasteiger partial charge in [-0.25, -0.2) is 9.97 Å². The zero-order valence-electron chi connectivity index (χ0n) is 9.18. The zero-order chi connectivity index (χ0) is 12.7. The molecule has 1 aromatic carbocycles. The van der Waals surface area contributed by atoms with Gasteiger partial charge >= 0.3 is 0 Å². The van der Waals surface area contributed by atoms with E-state index in [0.29, 0.717) is 17.3 Å². The molecule has 3 aromatic rings. The first kappa shape index (κ1) is 11.3. The highest BCUT2D eigenvalue weighted by molar-refractivity contribution is 14.1. The second-order valence-corrected chi connectivity index (χ2v) is 5.02. The van der Waals surface area contributed by atoms with Gasteiger partial charge in [0, 0.05) is 5.56 Å². The van der Waals surface area contributed by atoms with Crippen LogP contribution < -0.4 is 5.73 Å². The molecule has 0 spiro atoms. The Morgan fingerprint density at radius 3 is 2.78 bits per heavy atom. The normalized spacial score (nSPS) is 10.9. The van der Waals surface area contributed by atoms with Crippen molar-refractivity contribution >= 4 is 39.6 Å². The van der Waals surface area contributed by atoms with Gasteiger partial charge in [0.05, 0.1) is 9.09 Å². The molecule has 0 amide bonds. The molecule has 0 atom stereocenters. The number of aromatic amines is 1. The summed E-state index contributed by atoms with van der Waals surface area (Å²) in [5.41, 5.74) is 7.81. The molecule has 4 N–H and O–H groups in total. The fourth-order valence-electron chi connectivity index (χ4n) is 1.70. The molecule has 2 aromatic heterocycles. The fraction of sp³-hybridized carbons (Fsp3) is 0. The number of aromatic hydroxyl groups is 1. The number of H-pyrrole nitrogens is 1. The van der Waals surface area contributed by atoms with E-state index in [9.17, 15) is 5.11 Å². The van der Waals surface area contributed by atoms with Crippen LogP contribution in [0.3, 0.4) is 0 Å². The molecular formula is C12H9IN4O. The Bertz CT molecular complexity index is 738. The molecule has 0 radical (unpaired) electrons. The van der Waals surface area contributed by atoms with Crippen LogP contribution in [0.2, 0.25) is 0 Å². The number of halogens is 1. The van der Waals surface area contributed by atoms with Gasteiger partial charge in [-0.05, 0) is 52.9 Å². The lowest BCUT2D eigenvalue weighted by molar-refractivity contribution is 0.471. The number of aromatic nitrogens is 3. The van der Waals surface area contributed by atoms with E-state index in [-0.39, 0.29) is 5.75 Å². The first-order valence-corrected chi connectivity index (χ1v) is 6.32. The Labute approximate surface area is 116 Å². The molecule has 0 saturated carbocycles. The zero-order valence-corrected chi connectivity index (χ0v) is 11.3. The van der Waals surface area contributed by atoms with Crippen molar-refractivity contribution in [3.8, 4) is 17.1 Å². The van der Waals surface area contributed by atoms with Gasteiger partial charge in [0.15, 0.2) is 5.65 Å². The number of nitrogen functional groups attached to an aromatic ring is 1. The number of anilines is 1. The number of benzene rings is 1. The number of rotatable bonds is 1. The minimum Gasteiger partial charge on any atom is -0.507 e. The van der Waals surface area contributed by atoms with Crippen molar-refractivity contribution in [1.29, 1.82) is 0 Å². The van der Waals surface area contributed by atoms with E-state index >= 15 is 0 Å². The number of nitrogens with one attached hydrogen (secondary N) is 1. The summed E-state index contributed by atoms with van der Waals surface area (Å²) in [6.45, 7) is 0. The predicted octanol–water partition coefficient (Wildman–Crippen LogP) is 2.52. The van der Waals surface area contributed by atoms with E-state index < -0.39 is 0 Å². The van der Waals surface area contributed by atoms with Gasteiger partial charge in [-0.3, -0.25) is 0 Å². The van der Waals surface area contributed by atoms with Crippen LogP contribution in [0, 0.1) is 3.57 Å². The number of phenols is 1. The van der Waals surface area contributed by atoms with Crippen LogP contribution in [0.5, 0.6) is 5.75 Å². The van der Waals surface area contributed by atoms with Crippen LogP contribution in [0.1, 0.15) is 0 Å². The average Bonchev–Trinajstić information content (AvgIpc) is 2.75. The van der Waals surface area contributed by atoms with Gasteiger partial charge < -0.3 is 15.8 Å². The van der Waals surface area contributed by atoms with E-state index in [2.05, 4.69) is 37.5 Å². The average molecular weight is 352 g/mol. The van der Waals surface area contributed by atoms with Crippen molar-refractivity contribution in [2.24, 2.45) is 0 Å². The Kier molecular flexibility index (Phi) is 2.58. The second kappa shape index (κ2) is 4.13. The van der Waals surface area contributed by atoms with Crippen LogP contribution in [-0.2, 0) is 0 Å². The topological polar surface area (TPSA) is 87.8 Å². The lowest BCUT2D eigenvalue weighted by Crippen LogP contribution is -1.88. The number of hydrogen-bond acceptors (Lipinski definition) is 4. The minimum atomic E-state index is 0.237.